The Hall–Kier alpha value is -2.46. The number of hydrogen-bond donors (Lipinski definition) is 3. The summed E-state index contributed by atoms with van der Waals surface area (Å²) in [7, 11) is -2.09. The third-order valence-corrected chi connectivity index (χ3v) is 11.3. The number of carbonyl (C=O) groups excluding carboxylic acids is 1. The first-order valence-corrected chi connectivity index (χ1v) is 16.7. The lowest BCUT2D eigenvalue weighted by Gasteiger charge is -2.41. The van der Waals surface area contributed by atoms with Gasteiger partial charge in [-0.2, -0.15) is 0 Å². The molecule has 2 aromatic rings. The van der Waals surface area contributed by atoms with Crippen molar-refractivity contribution in [2.75, 3.05) is 13.7 Å². The Labute approximate surface area is 244 Å². The van der Waals surface area contributed by atoms with Crippen molar-refractivity contribution in [1.82, 2.24) is 14.9 Å². The molecule has 0 aromatic heterocycles. The number of sulfonamides is 1. The molecule has 2 bridgehead atoms. The summed E-state index contributed by atoms with van der Waals surface area (Å²) in [5, 5.41) is 14.9. The fraction of sp³-hybridized carbons (Fsp3) is 0.594. The largest absolute Gasteiger partial charge is 0.497 e. The highest BCUT2D eigenvalue weighted by Crippen LogP contribution is 2.41. The number of hydrogen-bond acceptors (Lipinski definition) is 6. The van der Waals surface area contributed by atoms with Crippen molar-refractivity contribution in [3.63, 3.8) is 0 Å². The minimum Gasteiger partial charge on any atom is -0.497 e. The second-order valence-corrected chi connectivity index (χ2v) is 13.9. The third-order valence-electron chi connectivity index (χ3n) is 9.77. The van der Waals surface area contributed by atoms with E-state index in [0.29, 0.717) is 31.6 Å². The minimum atomic E-state index is -3.64. The number of nitrogens with one attached hydrogen (secondary N) is 2. The van der Waals surface area contributed by atoms with Gasteiger partial charge in [0.2, 0.25) is 15.9 Å². The number of aliphatic hydroxyl groups excluding tert-OH is 1. The van der Waals surface area contributed by atoms with Crippen LogP contribution in [0.2, 0.25) is 0 Å². The lowest BCUT2D eigenvalue weighted by Crippen LogP contribution is -2.56. The Bertz CT molecular complexity index is 1250. The van der Waals surface area contributed by atoms with Crippen LogP contribution < -0.4 is 14.8 Å². The van der Waals surface area contributed by atoms with Gasteiger partial charge in [0.15, 0.2) is 0 Å². The van der Waals surface area contributed by atoms with Gasteiger partial charge in [0.25, 0.3) is 0 Å². The molecule has 8 nitrogen and oxygen atoms in total. The highest BCUT2D eigenvalue weighted by molar-refractivity contribution is 7.89. The first-order chi connectivity index (χ1) is 19.7. The molecular formula is C32H45N3O5S. The summed E-state index contributed by atoms with van der Waals surface area (Å²) in [5.74, 6) is 0.691. The van der Waals surface area contributed by atoms with Crippen LogP contribution in [0, 0.1) is 5.41 Å². The molecule has 2 saturated heterocycles. The van der Waals surface area contributed by atoms with Gasteiger partial charge in [-0.3, -0.25) is 9.69 Å². The van der Waals surface area contributed by atoms with Crippen molar-refractivity contribution in [1.29, 1.82) is 0 Å². The topological polar surface area (TPSA) is 108 Å². The number of nitrogens with zero attached hydrogens (tertiary/aromatic N) is 1. The van der Waals surface area contributed by atoms with Crippen molar-refractivity contribution >= 4 is 15.9 Å². The predicted molar refractivity (Wildman–Crippen MR) is 159 cm³/mol. The van der Waals surface area contributed by atoms with E-state index in [1.807, 2.05) is 30.3 Å². The molecule has 9 heteroatoms. The van der Waals surface area contributed by atoms with Gasteiger partial charge >= 0.3 is 0 Å². The molecule has 3 aliphatic rings. The fourth-order valence-electron chi connectivity index (χ4n) is 7.32. The van der Waals surface area contributed by atoms with Crippen molar-refractivity contribution in [2.45, 2.75) is 106 Å². The summed E-state index contributed by atoms with van der Waals surface area (Å²) in [6, 6.07) is 16.3. The molecule has 2 aliphatic heterocycles. The number of rotatable bonds is 12. The van der Waals surface area contributed by atoms with Crippen LogP contribution in [0.5, 0.6) is 5.75 Å². The maximum absolute atomic E-state index is 13.6. The van der Waals surface area contributed by atoms with E-state index in [4.69, 9.17) is 4.74 Å². The molecule has 2 heterocycles. The van der Waals surface area contributed by atoms with E-state index in [0.717, 1.165) is 50.5 Å². The standard InChI is InChI=1S/C32H45N3O5S/c1-3-32(17-7-8-18-32)31(37)33-29(19-23-9-5-4-6-10-23)30(36)22-35-25-11-12-26(35)21-24(20-25)34-41(38,39)28-15-13-27(40-2)14-16-28/h4-6,9-10,13-16,24-26,29-30,34,36H,3,7-8,11-12,17-22H2,1-2H3,(H,33,37)/t24?,25?,26?,29-,30+/m0/s1. The van der Waals surface area contributed by atoms with Crippen LogP contribution in [-0.4, -0.2) is 68.3 Å². The van der Waals surface area contributed by atoms with Crippen molar-refractivity contribution in [2.24, 2.45) is 5.41 Å². The molecule has 4 atom stereocenters. The number of methoxy groups -OCH3 is 1. The summed E-state index contributed by atoms with van der Waals surface area (Å²) in [4.78, 5) is 16.1. The van der Waals surface area contributed by atoms with Gasteiger partial charge in [0.05, 0.1) is 24.2 Å². The zero-order valence-corrected chi connectivity index (χ0v) is 25.1. The fourth-order valence-corrected chi connectivity index (χ4v) is 8.58. The number of ether oxygens (including phenoxy) is 1. The first-order valence-electron chi connectivity index (χ1n) is 15.2. The molecule has 3 N–H and O–H groups in total. The van der Waals surface area contributed by atoms with E-state index in [9.17, 15) is 18.3 Å². The smallest absolute Gasteiger partial charge is 0.240 e. The molecule has 1 amide bonds. The van der Waals surface area contributed by atoms with E-state index in [1.165, 1.54) is 0 Å². The summed E-state index contributed by atoms with van der Waals surface area (Å²) < 4.78 is 34.2. The molecule has 0 spiro atoms. The number of piperidine rings is 1. The zero-order valence-electron chi connectivity index (χ0n) is 24.3. The van der Waals surface area contributed by atoms with E-state index < -0.39 is 16.1 Å². The number of amides is 1. The SMILES string of the molecule is CCC1(C(=O)N[C@@H](Cc2ccccc2)[C@H](O)CN2C3CCC2CC(NS(=O)(=O)c2ccc(OC)cc2)C3)CCCC1. The van der Waals surface area contributed by atoms with Crippen LogP contribution in [-0.2, 0) is 21.2 Å². The van der Waals surface area contributed by atoms with E-state index in [2.05, 4.69) is 21.9 Å². The molecule has 2 unspecified atom stereocenters. The average molecular weight is 584 g/mol. The van der Waals surface area contributed by atoms with Crippen LogP contribution in [0.4, 0.5) is 0 Å². The number of fused-ring (bicyclic) bond motifs is 2. The quantitative estimate of drug-likeness (QED) is 0.348. The van der Waals surface area contributed by atoms with Gasteiger partial charge in [-0.15, -0.1) is 0 Å². The highest BCUT2D eigenvalue weighted by atomic mass is 32.2. The molecule has 224 valence electrons. The Kier molecular flexibility index (Phi) is 9.38. The monoisotopic (exact) mass is 583 g/mol. The van der Waals surface area contributed by atoms with Gasteiger partial charge in [0, 0.05) is 30.1 Å². The number of carbonyl (C=O) groups is 1. The minimum absolute atomic E-state index is 0.0760. The van der Waals surface area contributed by atoms with Crippen LogP contribution in [0.1, 0.15) is 70.3 Å². The molecule has 0 radical (unpaired) electrons. The van der Waals surface area contributed by atoms with Crippen molar-refractivity contribution in [3.8, 4) is 5.75 Å². The molecular weight excluding hydrogens is 538 g/mol. The van der Waals surface area contributed by atoms with Crippen LogP contribution in [0.3, 0.4) is 0 Å². The second kappa shape index (κ2) is 12.8. The maximum Gasteiger partial charge on any atom is 0.240 e. The Morgan fingerprint density at radius 3 is 2.27 bits per heavy atom. The summed E-state index contributed by atoms with van der Waals surface area (Å²) in [5.41, 5.74) is 0.760. The summed E-state index contributed by atoms with van der Waals surface area (Å²) in [6.07, 6.45) is 7.99. The van der Waals surface area contributed by atoms with Crippen molar-refractivity contribution in [3.05, 3.63) is 60.2 Å². The van der Waals surface area contributed by atoms with Gasteiger partial charge in [-0.1, -0.05) is 50.1 Å². The molecule has 1 aliphatic carbocycles. The maximum atomic E-state index is 13.6. The lowest BCUT2D eigenvalue weighted by atomic mass is 9.82. The van der Waals surface area contributed by atoms with Gasteiger partial charge in [0.1, 0.15) is 5.75 Å². The normalized spacial score (nSPS) is 25.5. The molecule has 1 saturated carbocycles. The van der Waals surface area contributed by atoms with Gasteiger partial charge in [-0.05, 0) is 81.2 Å². The second-order valence-electron chi connectivity index (χ2n) is 12.2. The first kappa shape index (κ1) is 30.0. The zero-order chi connectivity index (χ0) is 29.0. The van der Waals surface area contributed by atoms with E-state index in [-0.39, 0.29) is 40.4 Å². The third kappa shape index (κ3) is 6.79. The van der Waals surface area contributed by atoms with E-state index in [1.54, 1.807) is 31.4 Å². The van der Waals surface area contributed by atoms with Crippen molar-refractivity contribution < 1.29 is 23.1 Å². The van der Waals surface area contributed by atoms with E-state index >= 15 is 0 Å². The van der Waals surface area contributed by atoms with Crippen LogP contribution in [0.15, 0.2) is 59.5 Å². The van der Waals surface area contributed by atoms with Crippen LogP contribution in [0.25, 0.3) is 0 Å². The molecule has 5 rings (SSSR count). The Balaban J connectivity index is 1.24. The molecule has 41 heavy (non-hydrogen) atoms. The lowest BCUT2D eigenvalue weighted by molar-refractivity contribution is -0.132. The summed E-state index contributed by atoms with van der Waals surface area (Å²) >= 11 is 0. The molecule has 2 aromatic carbocycles. The summed E-state index contributed by atoms with van der Waals surface area (Å²) in [6.45, 7) is 2.56. The highest BCUT2D eigenvalue weighted by Gasteiger charge is 2.44. The Morgan fingerprint density at radius 2 is 1.68 bits per heavy atom. The predicted octanol–water partition coefficient (Wildman–Crippen LogP) is 4.03. The van der Waals surface area contributed by atoms with Gasteiger partial charge < -0.3 is 15.2 Å². The van der Waals surface area contributed by atoms with Gasteiger partial charge in [-0.25, -0.2) is 13.1 Å². The number of aliphatic hydroxyl groups is 1. The number of benzene rings is 2. The molecule has 3 fully saturated rings. The van der Waals surface area contributed by atoms with Crippen LogP contribution >= 0.6 is 0 Å². The Morgan fingerprint density at radius 1 is 1.05 bits per heavy atom. The average Bonchev–Trinajstić information content (AvgIpc) is 3.55.